The van der Waals surface area contributed by atoms with Gasteiger partial charge in [0.2, 0.25) is 5.79 Å². The summed E-state index contributed by atoms with van der Waals surface area (Å²) in [7, 11) is -3.29. The van der Waals surface area contributed by atoms with Crippen LogP contribution in [0.3, 0.4) is 0 Å². The Morgan fingerprint density at radius 3 is 2.55 bits per heavy atom. The SMILES string of the molecule is CCS(=O)(=O)C[C@@]1(c2ccc(Br)cc2)OC[C@H](CO)O1. The van der Waals surface area contributed by atoms with Gasteiger partial charge in [-0.05, 0) is 12.1 Å². The maximum Gasteiger partial charge on any atom is 0.209 e. The zero-order valence-electron chi connectivity index (χ0n) is 11.1. The lowest BCUT2D eigenvalue weighted by Crippen LogP contribution is -2.37. The summed E-state index contributed by atoms with van der Waals surface area (Å²) in [4.78, 5) is 0. The van der Waals surface area contributed by atoms with E-state index in [1.807, 2.05) is 0 Å². The van der Waals surface area contributed by atoms with Crippen molar-refractivity contribution in [2.45, 2.75) is 18.8 Å². The second-order valence-corrected chi connectivity index (χ2v) is 7.94. The van der Waals surface area contributed by atoms with Gasteiger partial charge in [0.05, 0.1) is 13.2 Å². The van der Waals surface area contributed by atoms with E-state index in [4.69, 9.17) is 9.47 Å². The second-order valence-electron chi connectivity index (χ2n) is 4.67. The molecule has 2 atom stereocenters. The molecule has 1 N–H and O–H groups in total. The minimum atomic E-state index is -3.29. The first-order valence-electron chi connectivity index (χ1n) is 6.30. The zero-order chi connectivity index (χ0) is 14.8. The van der Waals surface area contributed by atoms with Gasteiger partial charge in [-0.2, -0.15) is 0 Å². The largest absolute Gasteiger partial charge is 0.394 e. The lowest BCUT2D eigenvalue weighted by Gasteiger charge is -2.28. The summed E-state index contributed by atoms with van der Waals surface area (Å²) in [6.07, 6.45) is -0.509. The van der Waals surface area contributed by atoms with E-state index in [-0.39, 0.29) is 24.7 Å². The Morgan fingerprint density at radius 2 is 2.05 bits per heavy atom. The third-order valence-corrected chi connectivity index (χ3v) is 5.43. The van der Waals surface area contributed by atoms with Crippen molar-refractivity contribution in [1.82, 2.24) is 0 Å². The molecule has 0 aromatic heterocycles. The van der Waals surface area contributed by atoms with Gasteiger partial charge in [-0.25, -0.2) is 8.42 Å². The lowest BCUT2D eigenvalue weighted by atomic mass is 10.1. The number of hydrogen-bond donors (Lipinski definition) is 1. The van der Waals surface area contributed by atoms with Crippen molar-refractivity contribution in [3.63, 3.8) is 0 Å². The highest BCUT2D eigenvalue weighted by Gasteiger charge is 2.46. The summed E-state index contributed by atoms with van der Waals surface area (Å²) >= 11 is 3.33. The quantitative estimate of drug-likeness (QED) is 0.855. The number of rotatable bonds is 5. The average Bonchev–Trinajstić information content (AvgIpc) is 2.83. The topological polar surface area (TPSA) is 72.8 Å². The molecular weight excluding hydrogens is 348 g/mol. The van der Waals surface area contributed by atoms with Gasteiger partial charge < -0.3 is 14.6 Å². The molecule has 5 nitrogen and oxygen atoms in total. The Balaban J connectivity index is 2.37. The second kappa shape index (κ2) is 6.11. The van der Waals surface area contributed by atoms with Gasteiger partial charge in [-0.1, -0.05) is 35.0 Å². The highest BCUT2D eigenvalue weighted by atomic mass is 79.9. The summed E-state index contributed by atoms with van der Waals surface area (Å²) in [5.41, 5.74) is 0.633. The van der Waals surface area contributed by atoms with Crippen molar-refractivity contribution in [1.29, 1.82) is 0 Å². The summed E-state index contributed by atoms with van der Waals surface area (Å²) < 4.78 is 36.1. The number of ether oxygens (including phenoxy) is 2. The molecule has 1 fully saturated rings. The van der Waals surface area contributed by atoms with Gasteiger partial charge in [-0.3, -0.25) is 0 Å². The van der Waals surface area contributed by atoms with Gasteiger partial charge >= 0.3 is 0 Å². The van der Waals surface area contributed by atoms with Crippen LogP contribution in [0.2, 0.25) is 0 Å². The molecule has 112 valence electrons. The van der Waals surface area contributed by atoms with Crippen molar-refractivity contribution >= 4 is 25.8 Å². The van der Waals surface area contributed by atoms with Gasteiger partial charge in [0.25, 0.3) is 0 Å². The Labute approximate surface area is 126 Å². The van der Waals surface area contributed by atoms with Crippen LogP contribution >= 0.6 is 15.9 Å². The highest BCUT2D eigenvalue weighted by Crippen LogP contribution is 2.36. The van der Waals surface area contributed by atoms with Crippen LogP contribution in [0.15, 0.2) is 28.7 Å². The van der Waals surface area contributed by atoms with Crippen LogP contribution in [0.1, 0.15) is 12.5 Å². The number of halogens is 1. The smallest absolute Gasteiger partial charge is 0.209 e. The van der Waals surface area contributed by atoms with E-state index in [0.717, 1.165) is 4.47 Å². The highest BCUT2D eigenvalue weighted by molar-refractivity contribution is 9.10. The number of sulfone groups is 1. The molecule has 0 unspecified atom stereocenters. The van der Waals surface area contributed by atoms with Crippen molar-refractivity contribution in [2.75, 3.05) is 24.7 Å². The monoisotopic (exact) mass is 364 g/mol. The molecular formula is C13H17BrO5S. The molecule has 0 bridgehead atoms. The van der Waals surface area contributed by atoms with E-state index in [2.05, 4.69) is 15.9 Å². The molecule has 1 aliphatic heterocycles. The van der Waals surface area contributed by atoms with Crippen molar-refractivity contribution in [3.8, 4) is 0 Å². The average molecular weight is 365 g/mol. The first-order valence-corrected chi connectivity index (χ1v) is 8.91. The van der Waals surface area contributed by atoms with E-state index in [1.165, 1.54) is 0 Å². The molecule has 0 aliphatic carbocycles. The number of benzene rings is 1. The van der Waals surface area contributed by atoms with Crippen LogP contribution in [0, 0.1) is 0 Å². The molecule has 0 saturated carbocycles. The van der Waals surface area contributed by atoms with Crippen LogP contribution in [0.25, 0.3) is 0 Å². The van der Waals surface area contributed by atoms with Crippen LogP contribution in [0.4, 0.5) is 0 Å². The number of hydrogen-bond acceptors (Lipinski definition) is 5. The molecule has 20 heavy (non-hydrogen) atoms. The van der Waals surface area contributed by atoms with Crippen LogP contribution in [-0.2, 0) is 25.1 Å². The van der Waals surface area contributed by atoms with Crippen LogP contribution in [-0.4, -0.2) is 44.3 Å². The third-order valence-electron chi connectivity index (χ3n) is 3.20. The first kappa shape index (κ1) is 15.9. The fourth-order valence-corrected chi connectivity index (χ4v) is 3.43. The summed E-state index contributed by atoms with van der Waals surface area (Å²) in [5, 5.41) is 9.18. The summed E-state index contributed by atoms with van der Waals surface area (Å²) in [6.45, 7) is 1.55. The predicted molar refractivity (Wildman–Crippen MR) is 78.1 cm³/mol. The maximum atomic E-state index is 12.0. The van der Waals surface area contributed by atoms with Crippen molar-refractivity contribution < 1.29 is 23.0 Å². The zero-order valence-corrected chi connectivity index (χ0v) is 13.5. The standard InChI is InChI=1S/C13H17BrO5S/c1-2-20(16,17)9-13(18-8-12(7-15)19-13)10-3-5-11(14)6-4-10/h3-6,12,15H,2,7-9H2,1H3/t12-,13+/m0/s1. The molecule has 0 spiro atoms. The molecule has 1 aromatic carbocycles. The normalized spacial score (nSPS) is 26.9. The van der Waals surface area contributed by atoms with Gasteiger partial charge in [0.15, 0.2) is 9.84 Å². The van der Waals surface area contributed by atoms with Gasteiger partial charge in [0, 0.05) is 15.8 Å². The van der Waals surface area contributed by atoms with E-state index in [1.54, 1.807) is 31.2 Å². The van der Waals surface area contributed by atoms with Crippen LogP contribution in [0.5, 0.6) is 0 Å². The molecule has 0 radical (unpaired) electrons. The number of aliphatic hydroxyl groups is 1. The molecule has 1 aliphatic rings. The molecule has 1 heterocycles. The number of aliphatic hydroxyl groups excluding tert-OH is 1. The van der Waals surface area contributed by atoms with E-state index in [0.29, 0.717) is 5.56 Å². The van der Waals surface area contributed by atoms with Crippen LogP contribution < -0.4 is 0 Å². The minimum absolute atomic E-state index is 0.0157. The lowest BCUT2D eigenvalue weighted by molar-refractivity contribution is -0.162. The van der Waals surface area contributed by atoms with Crippen molar-refractivity contribution in [3.05, 3.63) is 34.3 Å². The molecule has 7 heteroatoms. The Bertz CT molecular complexity index is 557. The first-order chi connectivity index (χ1) is 9.41. The minimum Gasteiger partial charge on any atom is -0.394 e. The third kappa shape index (κ3) is 3.40. The Hall–Kier alpha value is -0.470. The van der Waals surface area contributed by atoms with Gasteiger partial charge in [-0.15, -0.1) is 0 Å². The Morgan fingerprint density at radius 1 is 1.40 bits per heavy atom. The molecule has 1 saturated heterocycles. The summed E-state index contributed by atoms with van der Waals surface area (Å²) in [5.74, 6) is -1.57. The fraction of sp³-hybridized carbons (Fsp3) is 0.538. The predicted octanol–water partition coefficient (Wildman–Crippen LogP) is 1.44. The molecule has 1 aromatic rings. The van der Waals surface area contributed by atoms with Crippen molar-refractivity contribution in [2.24, 2.45) is 0 Å². The van der Waals surface area contributed by atoms with E-state index < -0.39 is 21.7 Å². The van der Waals surface area contributed by atoms with E-state index in [9.17, 15) is 13.5 Å². The molecule has 2 rings (SSSR count). The fourth-order valence-electron chi connectivity index (χ4n) is 2.06. The Kier molecular flexibility index (Phi) is 4.86. The maximum absolute atomic E-state index is 12.0. The summed E-state index contributed by atoms with van der Waals surface area (Å²) in [6, 6.07) is 7.12. The molecule has 0 amide bonds. The van der Waals surface area contributed by atoms with Gasteiger partial charge in [0.1, 0.15) is 11.9 Å². The van der Waals surface area contributed by atoms with E-state index >= 15 is 0 Å².